The van der Waals surface area contributed by atoms with Gasteiger partial charge in [-0.1, -0.05) is 48.0 Å². The van der Waals surface area contributed by atoms with E-state index < -0.39 is 0 Å². The van der Waals surface area contributed by atoms with Gasteiger partial charge in [0.05, 0.1) is 5.69 Å². The molecule has 33 heavy (non-hydrogen) atoms. The first-order valence-corrected chi connectivity index (χ1v) is 10.9. The minimum Gasteiger partial charge on any atom is -0.489 e. The standard InChI is InChI=1S/C29H24N2O2/c1-20-6-8-24(9-7-20)28-18-31-17-26(12-15-29(31)30-28)25-5-3-4-22(16-25)19-33-27-13-10-23(11-14-27)21(2)32/h3-18H,19H2,1-2H3. The second kappa shape index (κ2) is 8.75. The summed E-state index contributed by atoms with van der Waals surface area (Å²) in [6.45, 7) is 4.10. The number of aromatic nitrogens is 2. The highest BCUT2D eigenvalue weighted by Crippen LogP contribution is 2.25. The third kappa shape index (κ3) is 4.55. The lowest BCUT2D eigenvalue weighted by Crippen LogP contribution is -1.97. The largest absolute Gasteiger partial charge is 0.489 e. The summed E-state index contributed by atoms with van der Waals surface area (Å²) in [6.07, 6.45) is 4.18. The molecule has 2 heterocycles. The van der Waals surface area contributed by atoms with Gasteiger partial charge in [-0.25, -0.2) is 4.98 Å². The molecule has 0 aliphatic rings. The lowest BCUT2D eigenvalue weighted by molar-refractivity contribution is 0.101. The molecule has 0 amide bonds. The molecular formula is C29H24N2O2. The highest BCUT2D eigenvalue weighted by Gasteiger charge is 2.07. The highest BCUT2D eigenvalue weighted by atomic mass is 16.5. The fourth-order valence-electron chi connectivity index (χ4n) is 3.82. The first kappa shape index (κ1) is 20.7. The Labute approximate surface area is 193 Å². The van der Waals surface area contributed by atoms with Crippen LogP contribution in [-0.2, 0) is 6.61 Å². The zero-order valence-electron chi connectivity index (χ0n) is 18.7. The van der Waals surface area contributed by atoms with Crippen molar-refractivity contribution in [2.24, 2.45) is 0 Å². The molecule has 0 bridgehead atoms. The summed E-state index contributed by atoms with van der Waals surface area (Å²) in [6, 6.07) is 28.2. The van der Waals surface area contributed by atoms with Crippen LogP contribution in [0, 0.1) is 6.92 Å². The van der Waals surface area contributed by atoms with Gasteiger partial charge in [-0.05, 0) is 73.0 Å². The molecule has 0 spiro atoms. The number of ether oxygens (including phenoxy) is 1. The van der Waals surface area contributed by atoms with Gasteiger partial charge in [-0.2, -0.15) is 0 Å². The maximum absolute atomic E-state index is 11.4. The monoisotopic (exact) mass is 432 g/mol. The van der Waals surface area contributed by atoms with Crippen LogP contribution in [0.1, 0.15) is 28.4 Å². The Bertz CT molecular complexity index is 1430. The molecule has 0 radical (unpaired) electrons. The summed E-state index contributed by atoms with van der Waals surface area (Å²) >= 11 is 0. The summed E-state index contributed by atoms with van der Waals surface area (Å²) in [4.78, 5) is 16.2. The van der Waals surface area contributed by atoms with Gasteiger partial charge in [0.2, 0.25) is 0 Å². The number of hydrogen-bond donors (Lipinski definition) is 0. The Morgan fingerprint density at radius 2 is 1.61 bits per heavy atom. The molecule has 2 aromatic heterocycles. The molecule has 5 aromatic rings. The average Bonchev–Trinajstić information content (AvgIpc) is 3.27. The number of imidazole rings is 1. The lowest BCUT2D eigenvalue weighted by atomic mass is 10.1. The Balaban J connectivity index is 1.35. The van der Waals surface area contributed by atoms with E-state index in [4.69, 9.17) is 9.72 Å². The molecule has 0 unspecified atom stereocenters. The van der Waals surface area contributed by atoms with Crippen molar-refractivity contribution in [3.63, 3.8) is 0 Å². The van der Waals surface area contributed by atoms with E-state index in [0.717, 1.165) is 39.3 Å². The second-order valence-corrected chi connectivity index (χ2v) is 8.25. The number of carbonyl (C=O) groups excluding carboxylic acids is 1. The lowest BCUT2D eigenvalue weighted by Gasteiger charge is -2.09. The maximum atomic E-state index is 11.4. The van der Waals surface area contributed by atoms with E-state index in [1.807, 2.05) is 24.3 Å². The van der Waals surface area contributed by atoms with Crippen molar-refractivity contribution >= 4 is 11.4 Å². The summed E-state index contributed by atoms with van der Waals surface area (Å²) in [5, 5.41) is 0. The zero-order valence-corrected chi connectivity index (χ0v) is 18.7. The fourth-order valence-corrected chi connectivity index (χ4v) is 3.82. The van der Waals surface area contributed by atoms with E-state index in [9.17, 15) is 4.79 Å². The minimum absolute atomic E-state index is 0.0510. The van der Waals surface area contributed by atoms with Crippen molar-refractivity contribution in [3.8, 4) is 28.1 Å². The third-order valence-corrected chi connectivity index (χ3v) is 5.73. The van der Waals surface area contributed by atoms with Crippen molar-refractivity contribution < 1.29 is 9.53 Å². The first-order chi connectivity index (χ1) is 16.0. The fraction of sp³-hybridized carbons (Fsp3) is 0.103. The quantitative estimate of drug-likeness (QED) is 0.279. The van der Waals surface area contributed by atoms with Crippen LogP contribution in [0.4, 0.5) is 0 Å². The van der Waals surface area contributed by atoms with E-state index in [0.29, 0.717) is 12.2 Å². The summed E-state index contributed by atoms with van der Waals surface area (Å²) in [5.41, 5.74) is 8.23. The van der Waals surface area contributed by atoms with E-state index in [-0.39, 0.29) is 5.78 Å². The van der Waals surface area contributed by atoms with Crippen molar-refractivity contribution in [2.45, 2.75) is 20.5 Å². The van der Waals surface area contributed by atoms with Gasteiger partial charge in [0, 0.05) is 23.5 Å². The molecule has 0 saturated carbocycles. The molecule has 4 heteroatoms. The van der Waals surface area contributed by atoms with Crippen LogP contribution in [0.2, 0.25) is 0 Å². The Kier molecular flexibility index (Phi) is 5.49. The van der Waals surface area contributed by atoms with Gasteiger partial charge in [0.25, 0.3) is 0 Å². The van der Waals surface area contributed by atoms with Crippen molar-refractivity contribution in [1.82, 2.24) is 9.38 Å². The number of hydrogen-bond acceptors (Lipinski definition) is 3. The van der Waals surface area contributed by atoms with E-state index in [1.54, 1.807) is 19.1 Å². The first-order valence-electron chi connectivity index (χ1n) is 10.9. The van der Waals surface area contributed by atoms with Gasteiger partial charge >= 0.3 is 0 Å². The van der Waals surface area contributed by atoms with Crippen LogP contribution in [0.15, 0.2) is 97.3 Å². The normalized spacial score (nSPS) is 11.0. The highest BCUT2D eigenvalue weighted by molar-refractivity contribution is 5.94. The van der Waals surface area contributed by atoms with Crippen molar-refractivity contribution in [2.75, 3.05) is 0 Å². The number of carbonyl (C=O) groups is 1. The average molecular weight is 433 g/mol. The van der Waals surface area contributed by atoms with Gasteiger partial charge in [-0.3, -0.25) is 4.79 Å². The molecule has 0 atom stereocenters. The van der Waals surface area contributed by atoms with E-state index in [1.165, 1.54) is 5.56 Å². The molecule has 4 nitrogen and oxygen atoms in total. The Hall–Kier alpha value is -4.18. The second-order valence-electron chi connectivity index (χ2n) is 8.25. The summed E-state index contributed by atoms with van der Waals surface area (Å²) in [5.74, 6) is 0.795. The summed E-state index contributed by atoms with van der Waals surface area (Å²) in [7, 11) is 0. The van der Waals surface area contributed by atoms with Gasteiger partial charge in [0.1, 0.15) is 18.0 Å². The number of fused-ring (bicyclic) bond motifs is 1. The zero-order chi connectivity index (χ0) is 22.8. The molecule has 3 aromatic carbocycles. The van der Waals surface area contributed by atoms with Gasteiger partial charge in [0.15, 0.2) is 5.78 Å². The molecular weight excluding hydrogens is 408 g/mol. The predicted octanol–water partition coefficient (Wildman–Crippen LogP) is 6.76. The number of aryl methyl sites for hydroxylation is 1. The smallest absolute Gasteiger partial charge is 0.159 e. The van der Waals surface area contributed by atoms with Crippen LogP contribution >= 0.6 is 0 Å². The minimum atomic E-state index is 0.0510. The van der Waals surface area contributed by atoms with Crippen LogP contribution in [-0.4, -0.2) is 15.2 Å². The number of ketones is 1. The Morgan fingerprint density at radius 3 is 2.36 bits per heavy atom. The van der Waals surface area contributed by atoms with Gasteiger partial charge < -0.3 is 9.14 Å². The van der Waals surface area contributed by atoms with Crippen LogP contribution in [0.5, 0.6) is 5.75 Å². The molecule has 0 aliphatic carbocycles. The van der Waals surface area contributed by atoms with E-state index >= 15 is 0 Å². The van der Waals surface area contributed by atoms with Crippen LogP contribution in [0.25, 0.3) is 28.0 Å². The van der Waals surface area contributed by atoms with Crippen molar-refractivity contribution in [3.05, 3.63) is 114 Å². The number of rotatable bonds is 6. The summed E-state index contributed by atoms with van der Waals surface area (Å²) < 4.78 is 8.00. The SMILES string of the molecule is CC(=O)c1ccc(OCc2cccc(-c3ccc4nc(-c5ccc(C)cc5)cn4c3)c2)cc1. The predicted molar refractivity (Wildman–Crippen MR) is 132 cm³/mol. The van der Waals surface area contributed by atoms with Gasteiger partial charge in [-0.15, -0.1) is 0 Å². The van der Waals surface area contributed by atoms with Crippen LogP contribution < -0.4 is 4.74 Å². The number of Topliss-reactive ketones (excluding diaryl/α,β-unsaturated/α-hetero) is 1. The third-order valence-electron chi connectivity index (χ3n) is 5.73. The molecule has 162 valence electrons. The number of nitrogens with zero attached hydrogens (tertiary/aromatic N) is 2. The number of pyridine rings is 1. The maximum Gasteiger partial charge on any atom is 0.159 e. The Morgan fingerprint density at radius 1 is 0.848 bits per heavy atom. The molecule has 0 fully saturated rings. The van der Waals surface area contributed by atoms with Crippen molar-refractivity contribution in [1.29, 1.82) is 0 Å². The topological polar surface area (TPSA) is 43.6 Å². The molecule has 0 saturated heterocycles. The molecule has 0 N–H and O–H groups in total. The molecule has 0 aliphatic heterocycles. The van der Waals surface area contributed by atoms with Crippen LogP contribution in [0.3, 0.4) is 0 Å². The molecule has 5 rings (SSSR count). The number of benzene rings is 3. The van der Waals surface area contributed by atoms with E-state index in [2.05, 4.69) is 72.2 Å².